The minimum absolute atomic E-state index is 0.513. The number of nitrogens with one attached hydrogen (secondary N) is 1. The molecule has 0 unspecified atom stereocenters. The maximum Gasteiger partial charge on any atom is 0.227 e. The first kappa shape index (κ1) is 17.6. The smallest absolute Gasteiger partial charge is 0.227 e. The van der Waals surface area contributed by atoms with Crippen molar-refractivity contribution in [2.24, 2.45) is 0 Å². The summed E-state index contributed by atoms with van der Waals surface area (Å²) >= 11 is 0. The SMILES string of the molecule is COc1cc2cnc(Nc3ccc(/C=C/c4ccco4)cc3)nc2cc1OC. The zero-order valence-electron chi connectivity index (χ0n) is 15.5. The van der Waals surface area contributed by atoms with E-state index < -0.39 is 0 Å². The van der Waals surface area contributed by atoms with Crippen LogP contribution in [0.5, 0.6) is 11.5 Å². The molecule has 0 atom stereocenters. The lowest BCUT2D eigenvalue weighted by atomic mass is 10.2. The second-order valence-corrected chi connectivity index (χ2v) is 6.06. The lowest BCUT2D eigenvalue weighted by molar-refractivity contribution is 0.356. The summed E-state index contributed by atoms with van der Waals surface area (Å²) in [4.78, 5) is 8.94. The van der Waals surface area contributed by atoms with Gasteiger partial charge in [0.2, 0.25) is 5.95 Å². The Morgan fingerprint density at radius 2 is 1.75 bits per heavy atom. The Kier molecular flexibility index (Phi) is 4.93. The Balaban J connectivity index is 1.52. The standard InChI is InChI=1S/C22H19N3O3/c1-26-20-12-16-14-23-22(25-19(16)13-21(20)27-2)24-17-8-5-15(6-9-17)7-10-18-4-3-11-28-18/h3-14H,1-2H3,(H,23,24,25)/b10-7+. The van der Waals surface area contributed by atoms with Crippen LogP contribution in [0.4, 0.5) is 11.6 Å². The van der Waals surface area contributed by atoms with Crippen LogP contribution in [0.2, 0.25) is 0 Å². The second kappa shape index (κ2) is 7.84. The van der Waals surface area contributed by atoms with Crippen molar-refractivity contribution in [1.82, 2.24) is 9.97 Å². The van der Waals surface area contributed by atoms with Gasteiger partial charge in [0, 0.05) is 23.3 Å². The van der Waals surface area contributed by atoms with Gasteiger partial charge in [0.05, 0.1) is 26.0 Å². The molecule has 140 valence electrons. The maximum absolute atomic E-state index is 5.35. The number of hydrogen-bond acceptors (Lipinski definition) is 6. The molecule has 0 spiro atoms. The third kappa shape index (κ3) is 3.81. The monoisotopic (exact) mass is 373 g/mol. The number of anilines is 2. The molecule has 0 saturated heterocycles. The highest BCUT2D eigenvalue weighted by Gasteiger charge is 2.08. The number of ether oxygens (including phenoxy) is 2. The molecule has 6 nitrogen and oxygen atoms in total. The van der Waals surface area contributed by atoms with Crippen LogP contribution >= 0.6 is 0 Å². The van der Waals surface area contributed by atoms with Crippen molar-refractivity contribution in [3.63, 3.8) is 0 Å². The highest BCUT2D eigenvalue weighted by molar-refractivity contribution is 5.83. The number of furan rings is 1. The number of nitrogens with zero attached hydrogens (tertiary/aromatic N) is 2. The maximum atomic E-state index is 5.35. The quantitative estimate of drug-likeness (QED) is 0.504. The molecule has 0 aliphatic heterocycles. The fourth-order valence-electron chi connectivity index (χ4n) is 2.79. The number of rotatable bonds is 6. The van der Waals surface area contributed by atoms with E-state index in [9.17, 15) is 0 Å². The first-order chi connectivity index (χ1) is 13.7. The van der Waals surface area contributed by atoms with E-state index in [0.717, 1.165) is 27.9 Å². The summed E-state index contributed by atoms with van der Waals surface area (Å²) in [6.07, 6.45) is 7.33. The molecule has 0 saturated carbocycles. The summed E-state index contributed by atoms with van der Waals surface area (Å²) in [7, 11) is 3.21. The molecule has 2 aromatic heterocycles. The van der Waals surface area contributed by atoms with E-state index in [-0.39, 0.29) is 0 Å². The minimum atomic E-state index is 0.513. The van der Waals surface area contributed by atoms with Crippen LogP contribution in [0.1, 0.15) is 11.3 Å². The largest absolute Gasteiger partial charge is 0.493 e. The zero-order valence-corrected chi connectivity index (χ0v) is 15.5. The normalized spacial score (nSPS) is 11.1. The molecule has 2 heterocycles. The molecule has 0 aliphatic carbocycles. The van der Waals surface area contributed by atoms with Gasteiger partial charge in [0.1, 0.15) is 5.76 Å². The van der Waals surface area contributed by atoms with Gasteiger partial charge in [-0.1, -0.05) is 18.2 Å². The summed E-state index contributed by atoms with van der Waals surface area (Å²) in [5, 5.41) is 4.10. The van der Waals surface area contributed by atoms with E-state index in [1.165, 1.54) is 0 Å². The molecule has 4 rings (SSSR count). The summed E-state index contributed by atoms with van der Waals surface area (Å²) in [5.41, 5.74) is 2.74. The van der Waals surface area contributed by atoms with Crippen LogP contribution in [0, 0.1) is 0 Å². The van der Waals surface area contributed by atoms with Gasteiger partial charge in [0.25, 0.3) is 0 Å². The van der Waals surface area contributed by atoms with E-state index >= 15 is 0 Å². The van der Waals surface area contributed by atoms with Crippen LogP contribution in [-0.2, 0) is 0 Å². The Labute approximate surface area is 162 Å². The van der Waals surface area contributed by atoms with Crippen LogP contribution in [0.15, 0.2) is 65.4 Å². The molecule has 6 heteroatoms. The first-order valence-electron chi connectivity index (χ1n) is 8.72. The van der Waals surface area contributed by atoms with Crippen molar-refractivity contribution in [3.8, 4) is 11.5 Å². The number of hydrogen-bond donors (Lipinski definition) is 1. The number of benzene rings is 2. The van der Waals surface area contributed by atoms with Gasteiger partial charge in [-0.3, -0.25) is 0 Å². The fourth-order valence-corrected chi connectivity index (χ4v) is 2.79. The molecular weight excluding hydrogens is 354 g/mol. The van der Waals surface area contributed by atoms with E-state index in [4.69, 9.17) is 13.9 Å². The number of methoxy groups -OCH3 is 2. The van der Waals surface area contributed by atoms with Gasteiger partial charge in [-0.15, -0.1) is 0 Å². The lowest BCUT2D eigenvalue weighted by Crippen LogP contribution is -1.98. The van der Waals surface area contributed by atoms with Crippen LogP contribution in [0.3, 0.4) is 0 Å². The third-order valence-electron chi connectivity index (χ3n) is 4.24. The molecule has 0 amide bonds. The van der Waals surface area contributed by atoms with Crippen LogP contribution < -0.4 is 14.8 Å². The molecule has 28 heavy (non-hydrogen) atoms. The third-order valence-corrected chi connectivity index (χ3v) is 4.24. The summed E-state index contributed by atoms with van der Waals surface area (Å²) in [6, 6.07) is 15.4. The molecule has 2 aromatic carbocycles. The molecule has 0 fully saturated rings. The van der Waals surface area contributed by atoms with Gasteiger partial charge in [0.15, 0.2) is 11.5 Å². The fraction of sp³-hybridized carbons (Fsp3) is 0.0909. The van der Waals surface area contributed by atoms with E-state index in [1.807, 2.05) is 60.7 Å². The summed E-state index contributed by atoms with van der Waals surface area (Å²) in [5.74, 6) is 2.61. The van der Waals surface area contributed by atoms with Crippen LogP contribution in [-0.4, -0.2) is 24.2 Å². The summed E-state index contributed by atoms with van der Waals surface area (Å²) < 4.78 is 16.0. The molecule has 0 aliphatic rings. The summed E-state index contributed by atoms with van der Waals surface area (Å²) in [6.45, 7) is 0. The predicted octanol–water partition coefficient (Wildman–Crippen LogP) is 5.15. The van der Waals surface area contributed by atoms with Crippen molar-refractivity contribution < 1.29 is 13.9 Å². The minimum Gasteiger partial charge on any atom is -0.493 e. The Hall–Kier alpha value is -3.80. The van der Waals surface area contributed by atoms with Crippen molar-refractivity contribution in [2.45, 2.75) is 0 Å². The molecule has 0 radical (unpaired) electrons. The Morgan fingerprint density at radius 3 is 2.46 bits per heavy atom. The van der Waals surface area contributed by atoms with Gasteiger partial charge >= 0.3 is 0 Å². The van der Waals surface area contributed by atoms with Crippen molar-refractivity contribution >= 4 is 34.7 Å². The predicted molar refractivity (Wildman–Crippen MR) is 110 cm³/mol. The van der Waals surface area contributed by atoms with Crippen molar-refractivity contribution in [3.05, 3.63) is 72.3 Å². The Bertz CT molecular complexity index is 1100. The second-order valence-electron chi connectivity index (χ2n) is 6.06. The topological polar surface area (TPSA) is 69.4 Å². The van der Waals surface area contributed by atoms with Crippen LogP contribution in [0.25, 0.3) is 23.1 Å². The van der Waals surface area contributed by atoms with Gasteiger partial charge in [-0.05, 0) is 42.0 Å². The van der Waals surface area contributed by atoms with E-state index in [1.54, 1.807) is 26.7 Å². The van der Waals surface area contributed by atoms with Crippen molar-refractivity contribution in [2.75, 3.05) is 19.5 Å². The Morgan fingerprint density at radius 1 is 0.964 bits per heavy atom. The highest BCUT2D eigenvalue weighted by Crippen LogP contribution is 2.31. The van der Waals surface area contributed by atoms with Gasteiger partial charge in [-0.2, -0.15) is 0 Å². The van der Waals surface area contributed by atoms with Crippen molar-refractivity contribution in [1.29, 1.82) is 0 Å². The molecular formula is C22H19N3O3. The first-order valence-corrected chi connectivity index (χ1v) is 8.72. The van der Waals surface area contributed by atoms with Gasteiger partial charge < -0.3 is 19.2 Å². The molecule has 1 N–H and O–H groups in total. The molecule has 0 bridgehead atoms. The van der Waals surface area contributed by atoms with Gasteiger partial charge in [-0.25, -0.2) is 9.97 Å². The lowest BCUT2D eigenvalue weighted by Gasteiger charge is -2.10. The van der Waals surface area contributed by atoms with E-state index in [2.05, 4.69) is 15.3 Å². The average Bonchev–Trinajstić information content (AvgIpc) is 3.26. The highest BCUT2D eigenvalue weighted by atomic mass is 16.5. The number of fused-ring (bicyclic) bond motifs is 1. The number of aromatic nitrogens is 2. The average molecular weight is 373 g/mol. The zero-order chi connectivity index (χ0) is 19.3. The molecule has 4 aromatic rings. The van der Waals surface area contributed by atoms with E-state index in [0.29, 0.717) is 17.4 Å².